The number of hydrogen-bond acceptors (Lipinski definition) is 2. The maximum atomic E-state index is 11.8. The van der Waals surface area contributed by atoms with Crippen molar-refractivity contribution in [3.05, 3.63) is 0 Å². The van der Waals surface area contributed by atoms with Crippen LogP contribution in [-0.2, 0) is 4.79 Å². The molecule has 88 valence electrons. The van der Waals surface area contributed by atoms with E-state index in [1.807, 2.05) is 0 Å². The average Bonchev–Trinajstić information content (AvgIpc) is 2.64. The molecule has 16 heavy (non-hydrogen) atoms. The first kappa shape index (κ1) is 9.46. The summed E-state index contributed by atoms with van der Waals surface area (Å²) in [4.78, 5) is 11.8. The van der Waals surface area contributed by atoms with E-state index in [2.05, 4.69) is 10.6 Å². The van der Waals surface area contributed by atoms with E-state index in [9.17, 15) is 4.79 Å². The van der Waals surface area contributed by atoms with Crippen molar-refractivity contribution >= 4 is 5.91 Å². The molecule has 3 nitrogen and oxygen atoms in total. The maximum absolute atomic E-state index is 11.8. The Morgan fingerprint density at radius 3 is 2.44 bits per heavy atom. The molecule has 4 unspecified atom stereocenters. The molecule has 0 aromatic heterocycles. The van der Waals surface area contributed by atoms with Gasteiger partial charge < -0.3 is 10.6 Å². The van der Waals surface area contributed by atoms with Gasteiger partial charge in [-0.1, -0.05) is 0 Å². The van der Waals surface area contributed by atoms with Crippen molar-refractivity contribution in [2.24, 2.45) is 29.6 Å². The molecule has 4 atom stereocenters. The van der Waals surface area contributed by atoms with Crippen LogP contribution in [0.2, 0.25) is 0 Å². The fourth-order valence-electron chi connectivity index (χ4n) is 4.52. The molecule has 1 aliphatic heterocycles. The number of nitrogens with one attached hydrogen (secondary N) is 2. The first-order chi connectivity index (χ1) is 7.83. The number of hydrogen-bond donors (Lipinski definition) is 2. The zero-order valence-electron chi connectivity index (χ0n) is 9.61. The fourth-order valence-corrected chi connectivity index (χ4v) is 4.52. The predicted octanol–water partition coefficient (Wildman–Crippen LogP) is 0.757. The average molecular weight is 220 g/mol. The quantitative estimate of drug-likeness (QED) is 0.737. The van der Waals surface area contributed by atoms with Crippen LogP contribution < -0.4 is 10.6 Å². The molecular formula is C13H20N2O. The summed E-state index contributed by atoms with van der Waals surface area (Å²) >= 11 is 0. The Morgan fingerprint density at radius 2 is 1.88 bits per heavy atom. The predicted molar refractivity (Wildman–Crippen MR) is 60.7 cm³/mol. The van der Waals surface area contributed by atoms with E-state index in [0.717, 1.165) is 43.2 Å². The third kappa shape index (κ3) is 1.27. The van der Waals surface area contributed by atoms with Gasteiger partial charge in [0.05, 0.1) is 0 Å². The largest absolute Gasteiger partial charge is 0.353 e. The summed E-state index contributed by atoms with van der Waals surface area (Å²) < 4.78 is 0. The van der Waals surface area contributed by atoms with Crippen LogP contribution in [0.3, 0.4) is 0 Å². The molecule has 4 fully saturated rings. The molecule has 2 bridgehead atoms. The first-order valence-electron chi connectivity index (χ1n) is 6.83. The lowest BCUT2D eigenvalue weighted by atomic mass is 9.99. The summed E-state index contributed by atoms with van der Waals surface area (Å²) in [6, 6.07) is 0.576. The van der Waals surface area contributed by atoms with Crippen LogP contribution in [0.5, 0.6) is 0 Å². The van der Waals surface area contributed by atoms with E-state index in [-0.39, 0.29) is 0 Å². The Labute approximate surface area is 96.4 Å². The molecule has 0 radical (unpaired) electrons. The molecule has 4 aliphatic rings. The molecule has 0 aromatic rings. The Morgan fingerprint density at radius 1 is 1.19 bits per heavy atom. The van der Waals surface area contributed by atoms with E-state index >= 15 is 0 Å². The van der Waals surface area contributed by atoms with Gasteiger partial charge in [0.15, 0.2) is 0 Å². The zero-order valence-corrected chi connectivity index (χ0v) is 9.61. The summed E-state index contributed by atoms with van der Waals surface area (Å²) in [5.41, 5.74) is 0. The first-order valence-corrected chi connectivity index (χ1v) is 6.83. The second-order valence-corrected chi connectivity index (χ2v) is 6.31. The van der Waals surface area contributed by atoms with Crippen LogP contribution in [-0.4, -0.2) is 25.0 Å². The van der Waals surface area contributed by atoms with Crippen molar-refractivity contribution in [2.45, 2.75) is 31.7 Å². The Hall–Kier alpha value is -0.570. The fraction of sp³-hybridized carbons (Fsp3) is 0.923. The summed E-state index contributed by atoms with van der Waals surface area (Å²) in [7, 11) is 0. The third-order valence-electron chi connectivity index (χ3n) is 5.40. The highest BCUT2D eigenvalue weighted by Gasteiger charge is 2.65. The van der Waals surface area contributed by atoms with Gasteiger partial charge >= 0.3 is 0 Å². The minimum absolute atomic E-state index is 0.310. The molecule has 4 rings (SSSR count). The van der Waals surface area contributed by atoms with Crippen molar-refractivity contribution in [1.82, 2.24) is 10.6 Å². The molecule has 1 amide bonds. The van der Waals surface area contributed by atoms with Crippen molar-refractivity contribution in [3.8, 4) is 0 Å². The zero-order chi connectivity index (χ0) is 10.7. The standard InChI is InChI=1S/C13H20N2O/c16-10(3-7-5-14-6-7)15-13-11-8-1-2-9(4-8)12(11)13/h7-9,11-14H,1-6H2,(H,15,16). The Kier molecular flexibility index (Phi) is 1.90. The Bertz CT molecular complexity index is 310. The highest BCUT2D eigenvalue weighted by molar-refractivity contribution is 5.77. The molecular weight excluding hydrogens is 200 g/mol. The second-order valence-electron chi connectivity index (χ2n) is 6.31. The highest BCUT2D eigenvalue weighted by Crippen LogP contribution is 2.65. The number of carbonyl (C=O) groups excluding carboxylic acids is 1. The van der Waals surface area contributed by atoms with Gasteiger partial charge in [0.2, 0.25) is 5.91 Å². The van der Waals surface area contributed by atoms with Crippen LogP contribution in [0.4, 0.5) is 0 Å². The van der Waals surface area contributed by atoms with E-state index in [0.29, 0.717) is 17.9 Å². The second kappa shape index (κ2) is 3.22. The van der Waals surface area contributed by atoms with Gasteiger partial charge in [-0.2, -0.15) is 0 Å². The minimum atomic E-state index is 0.310. The van der Waals surface area contributed by atoms with Gasteiger partial charge in [-0.25, -0.2) is 0 Å². The van der Waals surface area contributed by atoms with E-state index in [1.165, 1.54) is 19.3 Å². The molecule has 2 N–H and O–H groups in total. The highest BCUT2D eigenvalue weighted by atomic mass is 16.1. The lowest BCUT2D eigenvalue weighted by Gasteiger charge is -2.26. The van der Waals surface area contributed by atoms with E-state index < -0.39 is 0 Å². The lowest BCUT2D eigenvalue weighted by Crippen LogP contribution is -2.45. The third-order valence-corrected chi connectivity index (χ3v) is 5.40. The number of rotatable bonds is 3. The number of amides is 1. The van der Waals surface area contributed by atoms with Gasteiger partial charge in [-0.05, 0) is 61.9 Å². The molecule has 0 aromatic carbocycles. The summed E-state index contributed by atoms with van der Waals surface area (Å²) in [5, 5.41) is 6.51. The van der Waals surface area contributed by atoms with Crippen LogP contribution >= 0.6 is 0 Å². The van der Waals surface area contributed by atoms with Gasteiger partial charge in [-0.3, -0.25) is 4.79 Å². The van der Waals surface area contributed by atoms with Gasteiger partial charge in [-0.15, -0.1) is 0 Å². The summed E-state index contributed by atoms with van der Waals surface area (Å²) in [6.07, 6.45) is 5.09. The van der Waals surface area contributed by atoms with E-state index in [1.54, 1.807) is 0 Å². The van der Waals surface area contributed by atoms with Crippen LogP contribution in [0.1, 0.15) is 25.7 Å². The van der Waals surface area contributed by atoms with Crippen LogP contribution in [0.15, 0.2) is 0 Å². The smallest absolute Gasteiger partial charge is 0.220 e. The topological polar surface area (TPSA) is 41.1 Å². The van der Waals surface area contributed by atoms with Gasteiger partial charge in [0.25, 0.3) is 0 Å². The number of carbonyl (C=O) groups is 1. The van der Waals surface area contributed by atoms with Crippen molar-refractivity contribution in [1.29, 1.82) is 0 Å². The summed E-state index contributed by atoms with van der Waals surface area (Å²) in [5.74, 6) is 4.60. The summed E-state index contributed by atoms with van der Waals surface area (Å²) in [6.45, 7) is 2.08. The van der Waals surface area contributed by atoms with E-state index in [4.69, 9.17) is 0 Å². The van der Waals surface area contributed by atoms with Crippen molar-refractivity contribution in [2.75, 3.05) is 13.1 Å². The molecule has 3 heteroatoms. The maximum Gasteiger partial charge on any atom is 0.220 e. The van der Waals surface area contributed by atoms with Crippen molar-refractivity contribution in [3.63, 3.8) is 0 Å². The van der Waals surface area contributed by atoms with Crippen LogP contribution in [0.25, 0.3) is 0 Å². The minimum Gasteiger partial charge on any atom is -0.353 e. The SMILES string of the molecule is O=C(CC1CNC1)NC1C2C3CCC(C3)C12. The molecule has 0 spiro atoms. The molecule has 1 saturated heterocycles. The van der Waals surface area contributed by atoms with Crippen molar-refractivity contribution < 1.29 is 4.79 Å². The molecule has 1 heterocycles. The molecule has 3 saturated carbocycles. The normalized spacial score (nSPS) is 48.6. The van der Waals surface area contributed by atoms with Crippen LogP contribution in [0, 0.1) is 29.6 Å². The van der Waals surface area contributed by atoms with Gasteiger partial charge in [0.1, 0.15) is 0 Å². The van der Waals surface area contributed by atoms with Gasteiger partial charge in [0, 0.05) is 12.5 Å². The lowest BCUT2D eigenvalue weighted by molar-refractivity contribution is -0.122. The molecule has 3 aliphatic carbocycles. The Balaban J connectivity index is 1.31. The number of fused-ring (bicyclic) bond motifs is 5. The monoisotopic (exact) mass is 220 g/mol.